The van der Waals surface area contributed by atoms with Crippen molar-refractivity contribution in [3.8, 4) is 39.5 Å². The van der Waals surface area contributed by atoms with Gasteiger partial charge in [0.15, 0.2) is 10.7 Å². The van der Waals surface area contributed by atoms with Gasteiger partial charge >= 0.3 is 6.36 Å². The van der Waals surface area contributed by atoms with E-state index in [0.717, 1.165) is 18.3 Å². The predicted octanol–water partition coefficient (Wildman–Crippen LogP) is 5.59. The smallest absolute Gasteiger partial charge is 0.406 e. The highest BCUT2D eigenvalue weighted by Gasteiger charge is 2.31. The maximum atomic E-state index is 13.2. The molecule has 2 heterocycles. The molecule has 0 aliphatic carbocycles. The minimum atomic E-state index is -4.85. The second-order valence-electron chi connectivity index (χ2n) is 8.12. The molecule has 0 atom stereocenters. The van der Waals surface area contributed by atoms with Gasteiger partial charge in [0.2, 0.25) is 0 Å². The monoisotopic (exact) mass is 561 g/mol. The average Bonchev–Trinajstić information content (AvgIpc) is 3.59. The quantitative estimate of drug-likeness (QED) is 0.206. The Kier molecular flexibility index (Phi) is 6.87. The summed E-state index contributed by atoms with van der Waals surface area (Å²) in [6.07, 6.45) is -3.89. The molecule has 2 aromatic heterocycles. The standard InChI is InChI=1S/C25H16F5N5O3S/c26-24(27)20-13-34(14-31-20)21-9-6-17(16-2-1-3-19(10-16)39(36)37)11-22(21)35-23(12-32-33-35)15-4-7-18(8-5-15)38-25(28,29)30/h1-14,24,39H. The predicted molar refractivity (Wildman–Crippen MR) is 130 cm³/mol. The average molecular weight is 561 g/mol. The van der Waals surface area contributed by atoms with Crippen molar-refractivity contribution in [1.82, 2.24) is 24.5 Å². The summed E-state index contributed by atoms with van der Waals surface area (Å²) in [4.78, 5) is 3.84. The summed E-state index contributed by atoms with van der Waals surface area (Å²) in [7, 11) is -2.83. The van der Waals surface area contributed by atoms with Crippen molar-refractivity contribution in [1.29, 1.82) is 0 Å². The Morgan fingerprint density at radius 3 is 2.26 bits per heavy atom. The fourth-order valence-electron chi connectivity index (χ4n) is 3.91. The molecular formula is C25H16F5N5O3S. The highest BCUT2D eigenvalue weighted by molar-refractivity contribution is 7.72. The Labute approximate surface area is 218 Å². The first-order valence-corrected chi connectivity index (χ1v) is 12.3. The molecule has 0 amide bonds. The Balaban J connectivity index is 1.64. The van der Waals surface area contributed by atoms with Crippen molar-refractivity contribution in [2.24, 2.45) is 0 Å². The molecule has 0 aliphatic rings. The number of benzene rings is 3. The third-order valence-electron chi connectivity index (χ3n) is 5.63. The van der Waals surface area contributed by atoms with Crippen LogP contribution >= 0.6 is 0 Å². The van der Waals surface area contributed by atoms with Crippen LogP contribution in [0.1, 0.15) is 12.1 Å². The summed E-state index contributed by atoms with van der Waals surface area (Å²) in [5.41, 5.74) is 2.24. The summed E-state index contributed by atoms with van der Waals surface area (Å²) in [5.74, 6) is -0.414. The molecule has 0 spiro atoms. The highest BCUT2D eigenvalue weighted by Crippen LogP contribution is 2.32. The zero-order valence-electron chi connectivity index (χ0n) is 19.5. The van der Waals surface area contributed by atoms with E-state index in [2.05, 4.69) is 20.0 Å². The van der Waals surface area contributed by atoms with E-state index in [9.17, 15) is 30.4 Å². The summed E-state index contributed by atoms with van der Waals surface area (Å²) in [5, 5.41) is 8.07. The van der Waals surface area contributed by atoms with Gasteiger partial charge in [0.05, 0.1) is 34.5 Å². The minimum absolute atomic E-state index is 0.104. The van der Waals surface area contributed by atoms with E-state index in [1.807, 2.05) is 0 Å². The van der Waals surface area contributed by atoms with E-state index < -0.39 is 34.9 Å². The van der Waals surface area contributed by atoms with Gasteiger partial charge in [-0.15, -0.1) is 18.3 Å². The van der Waals surface area contributed by atoms with Gasteiger partial charge in [0.1, 0.15) is 11.4 Å². The van der Waals surface area contributed by atoms with Crippen molar-refractivity contribution in [3.05, 3.63) is 91.1 Å². The van der Waals surface area contributed by atoms with E-state index in [1.165, 1.54) is 46.0 Å². The Bertz CT molecular complexity index is 1700. The van der Waals surface area contributed by atoms with Crippen molar-refractivity contribution in [2.45, 2.75) is 17.7 Å². The molecule has 0 saturated carbocycles. The number of imidazole rings is 1. The van der Waals surface area contributed by atoms with Crippen LogP contribution < -0.4 is 4.74 Å². The van der Waals surface area contributed by atoms with Crippen molar-refractivity contribution in [3.63, 3.8) is 0 Å². The minimum Gasteiger partial charge on any atom is -0.406 e. The summed E-state index contributed by atoms with van der Waals surface area (Å²) >= 11 is 0. The lowest BCUT2D eigenvalue weighted by molar-refractivity contribution is -0.274. The SMILES string of the molecule is O=[SH](=O)c1cccc(-c2ccc(-n3cnc(C(F)F)c3)c(-n3nncc3-c3ccc(OC(F)(F)F)cc3)c2)c1. The van der Waals surface area contributed by atoms with Gasteiger partial charge in [-0.3, -0.25) is 0 Å². The van der Waals surface area contributed by atoms with Crippen LogP contribution in [0.5, 0.6) is 5.75 Å². The normalized spacial score (nSPS) is 11.9. The van der Waals surface area contributed by atoms with Gasteiger partial charge in [-0.05, 0) is 59.7 Å². The van der Waals surface area contributed by atoms with E-state index in [-0.39, 0.29) is 4.90 Å². The largest absolute Gasteiger partial charge is 0.573 e. The lowest BCUT2D eigenvalue weighted by Gasteiger charge is -2.15. The summed E-state index contributed by atoms with van der Waals surface area (Å²) < 4.78 is 93.9. The molecule has 3 aromatic carbocycles. The number of aromatic nitrogens is 5. The van der Waals surface area contributed by atoms with Gasteiger partial charge in [0, 0.05) is 11.8 Å². The number of rotatable bonds is 7. The number of halogens is 5. The van der Waals surface area contributed by atoms with Crippen LogP contribution in [0.3, 0.4) is 0 Å². The fraction of sp³-hybridized carbons (Fsp3) is 0.0800. The lowest BCUT2D eigenvalue weighted by atomic mass is 10.0. The Morgan fingerprint density at radius 1 is 0.872 bits per heavy atom. The van der Waals surface area contributed by atoms with E-state index in [4.69, 9.17) is 0 Å². The molecule has 0 fully saturated rings. The van der Waals surface area contributed by atoms with E-state index in [1.54, 1.807) is 30.3 Å². The van der Waals surface area contributed by atoms with Gasteiger partial charge < -0.3 is 9.30 Å². The highest BCUT2D eigenvalue weighted by atomic mass is 32.2. The molecule has 5 aromatic rings. The number of hydrogen-bond donors (Lipinski definition) is 1. The topological polar surface area (TPSA) is 91.9 Å². The first-order chi connectivity index (χ1) is 18.6. The van der Waals surface area contributed by atoms with Crippen LogP contribution in [0, 0.1) is 0 Å². The van der Waals surface area contributed by atoms with Gasteiger partial charge in [0.25, 0.3) is 6.43 Å². The number of alkyl halides is 5. The third kappa shape index (κ3) is 5.65. The summed E-state index contributed by atoms with van der Waals surface area (Å²) in [6, 6.07) is 16.2. The van der Waals surface area contributed by atoms with Crippen LogP contribution in [0.25, 0.3) is 33.8 Å². The number of nitrogens with zero attached hydrogens (tertiary/aromatic N) is 5. The molecule has 0 N–H and O–H groups in total. The second-order valence-corrected chi connectivity index (χ2v) is 9.15. The maximum Gasteiger partial charge on any atom is 0.573 e. The van der Waals surface area contributed by atoms with Crippen LogP contribution in [-0.2, 0) is 10.7 Å². The van der Waals surface area contributed by atoms with Crippen LogP contribution in [0.2, 0.25) is 0 Å². The summed E-state index contributed by atoms with van der Waals surface area (Å²) in [6.45, 7) is 0. The van der Waals surface area contributed by atoms with Crippen molar-refractivity contribution < 1.29 is 35.1 Å². The molecule has 5 rings (SSSR count). The van der Waals surface area contributed by atoms with E-state index in [0.29, 0.717) is 33.8 Å². The molecule has 0 bridgehead atoms. The maximum absolute atomic E-state index is 13.2. The fourth-order valence-corrected chi connectivity index (χ4v) is 4.36. The number of hydrogen-bond acceptors (Lipinski definition) is 6. The van der Waals surface area contributed by atoms with Gasteiger partial charge in [-0.1, -0.05) is 23.4 Å². The molecule has 200 valence electrons. The lowest BCUT2D eigenvalue weighted by Crippen LogP contribution is -2.16. The molecule has 0 radical (unpaired) electrons. The Morgan fingerprint density at radius 2 is 1.59 bits per heavy atom. The third-order valence-corrected chi connectivity index (χ3v) is 6.33. The molecule has 8 nitrogen and oxygen atoms in total. The van der Waals surface area contributed by atoms with Crippen LogP contribution in [-0.4, -0.2) is 39.3 Å². The first-order valence-electron chi connectivity index (χ1n) is 11.1. The van der Waals surface area contributed by atoms with Crippen molar-refractivity contribution >= 4 is 10.7 Å². The zero-order valence-corrected chi connectivity index (χ0v) is 20.4. The van der Waals surface area contributed by atoms with Gasteiger partial charge in [-0.25, -0.2) is 26.9 Å². The van der Waals surface area contributed by atoms with E-state index >= 15 is 0 Å². The van der Waals surface area contributed by atoms with Gasteiger partial charge in [-0.2, -0.15) is 0 Å². The van der Waals surface area contributed by atoms with Crippen molar-refractivity contribution in [2.75, 3.05) is 0 Å². The zero-order chi connectivity index (χ0) is 27.7. The molecule has 14 heteroatoms. The second kappa shape index (κ2) is 10.3. The number of ether oxygens (including phenoxy) is 1. The first kappa shape index (κ1) is 26.0. The number of thiol groups is 1. The molecule has 0 aliphatic heterocycles. The van der Waals surface area contributed by atoms with Crippen LogP contribution in [0.15, 0.2) is 90.3 Å². The molecule has 0 unspecified atom stereocenters. The Hall–Kier alpha value is -4.59. The molecule has 0 saturated heterocycles. The van der Waals surface area contributed by atoms with Crippen LogP contribution in [0.4, 0.5) is 22.0 Å². The molecule has 39 heavy (non-hydrogen) atoms. The molecular weight excluding hydrogens is 545 g/mol.